The Balaban J connectivity index is 1.91. The van der Waals surface area contributed by atoms with Crippen molar-refractivity contribution in [3.8, 4) is 0 Å². The smallest absolute Gasteiger partial charge is 0.240 e. The number of hydrogen-bond donors (Lipinski definition) is 1. The fraction of sp³-hybridized carbons (Fsp3) is 0.316. The Hall–Kier alpha value is -2.38. The summed E-state index contributed by atoms with van der Waals surface area (Å²) < 4.78 is 35.7. The second-order valence-corrected chi connectivity index (χ2v) is 8.26. The minimum absolute atomic E-state index is 0.144. The van der Waals surface area contributed by atoms with Crippen LogP contribution in [-0.2, 0) is 10.0 Å². The molecule has 138 valence electrons. The van der Waals surface area contributed by atoms with Gasteiger partial charge in [0.2, 0.25) is 10.0 Å². The maximum absolute atomic E-state index is 12.8. The van der Waals surface area contributed by atoms with Gasteiger partial charge in [0, 0.05) is 12.2 Å². The number of benzene rings is 1. The van der Waals surface area contributed by atoms with Gasteiger partial charge in [-0.05, 0) is 63.1 Å². The minimum Gasteiger partial charge on any atom is -0.467 e. The molecule has 0 fully saturated rings. The molecule has 6 nitrogen and oxygen atoms in total. The van der Waals surface area contributed by atoms with Crippen molar-refractivity contribution in [2.24, 2.45) is 0 Å². The van der Waals surface area contributed by atoms with Gasteiger partial charge in [0.15, 0.2) is 0 Å². The quantitative estimate of drug-likeness (QED) is 0.719. The summed E-state index contributed by atoms with van der Waals surface area (Å²) >= 11 is 0. The average molecular weight is 373 g/mol. The fourth-order valence-electron chi connectivity index (χ4n) is 3.01. The number of aromatic nitrogens is 2. The van der Waals surface area contributed by atoms with Gasteiger partial charge < -0.3 is 4.42 Å². The summed E-state index contributed by atoms with van der Waals surface area (Å²) in [4.78, 5) is 0.295. The van der Waals surface area contributed by atoms with Crippen LogP contribution in [0.2, 0.25) is 0 Å². The monoisotopic (exact) mass is 373 g/mol. The van der Waals surface area contributed by atoms with Crippen LogP contribution in [0.25, 0.3) is 0 Å². The molecule has 1 atom stereocenters. The lowest BCUT2D eigenvalue weighted by Crippen LogP contribution is -2.32. The van der Waals surface area contributed by atoms with Gasteiger partial charge in [-0.1, -0.05) is 12.1 Å². The van der Waals surface area contributed by atoms with E-state index in [0.717, 1.165) is 17.0 Å². The summed E-state index contributed by atoms with van der Waals surface area (Å²) in [7, 11) is -3.65. The summed E-state index contributed by atoms with van der Waals surface area (Å²) in [6, 6.07) is 10.6. The fourth-order valence-corrected chi connectivity index (χ4v) is 4.38. The van der Waals surface area contributed by atoms with E-state index < -0.39 is 10.0 Å². The van der Waals surface area contributed by atoms with Crippen LogP contribution in [0.5, 0.6) is 0 Å². The Morgan fingerprint density at radius 2 is 1.92 bits per heavy atom. The molecular formula is C19H23N3O3S. The van der Waals surface area contributed by atoms with E-state index in [0.29, 0.717) is 16.2 Å². The third-order valence-corrected chi connectivity index (χ3v) is 5.88. The molecule has 0 radical (unpaired) electrons. The summed E-state index contributed by atoms with van der Waals surface area (Å²) in [6.07, 6.45) is 1.58. The molecular weight excluding hydrogens is 350 g/mol. The van der Waals surface area contributed by atoms with Gasteiger partial charge in [-0.3, -0.25) is 4.68 Å². The maximum Gasteiger partial charge on any atom is 0.240 e. The van der Waals surface area contributed by atoms with Gasteiger partial charge in [-0.15, -0.1) is 0 Å². The Morgan fingerprint density at radius 1 is 1.15 bits per heavy atom. The number of nitrogens with one attached hydrogen (secondary N) is 1. The Bertz CT molecular complexity index is 1000. The van der Waals surface area contributed by atoms with Crippen LogP contribution in [0.4, 0.5) is 0 Å². The molecule has 7 heteroatoms. The molecule has 1 aromatic carbocycles. The Kier molecular flexibility index (Phi) is 5.02. The van der Waals surface area contributed by atoms with Crippen LogP contribution < -0.4 is 4.72 Å². The number of aryl methyl sites for hydroxylation is 4. The molecule has 0 amide bonds. The summed E-state index contributed by atoms with van der Waals surface area (Å²) in [5.74, 6) is 0.653. The molecule has 2 aromatic heterocycles. The summed E-state index contributed by atoms with van der Waals surface area (Å²) in [5.41, 5.74) is 3.42. The lowest BCUT2D eigenvalue weighted by molar-refractivity contribution is 0.397. The highest BCUT2D eigenvalue weighted by Gasteiger charge is 2.24. The molecule has 0 bridgehead atoms. The van der Waals surface area contributed by atoms with Crippen molar-refractivity contribution in [1.29, 1.82) is 0 Å². The van der Waals surface area contributed by atoms with Crippen LogP contribution in [0.1, 0.15) is 34.3 Å². The molecule has 3 rings (SSSR count). The third-order valence-electron chi connectivity index (χ3n) is 4.31. The van der Waals surface area contributed by atoms with Crippen LogP contribution in [0.15, 0.2) is 52.0 Å². The first-order valence-electron chi connectivity index (χ1n) is 8.41. The van der Waals surface area contributed by atoms with E-state index in [9.17, 15) is 8.42 Å². The van der Waals surface area contributed by atoms with Gasteiger partial charge >= 0.3 is 0 Å². The second kappa shape index (κ2) is 7.09. The van der Waals surface area contributed by atoms with Crippen molar-refractivity contribution in [2.45, 2.75) is 38.6 Å². The van der Waals surface area contributed by atoms with E-state index in [1.807, 2.05) is 45.0 Å². The lowest BCUT2D eigenvalue weighted by atomic mass is 10.2. The molecule has 0 aliphatic rings. The molecule has 1 unspecified atom stereocenters. The van der Waals surface area contributed by atoms with Gasteiger partial charge in [0.05, 0.1) is 16.9 Å². The van der Waals surface area contributed by atoms with Crippen molar-refractivity contribution < 1.29 is 12.8 Å². The second-order valence-electron chi connectivity index (χ2n) is 6.52. The molecule has 2 heterocycles. The first-order chi connectivity index (χ1) is 12.3. The normalized spacial score (nSPS) is 13.1. The van der Waals surface area contributed by atoms with E-state index in [-0.39, 0.29) is 12.6 Å². The van der Waals surface area contributed by atoms with Gasteiger partial charge in [-0.25, -0.2) is 13.1 Å². The lowest BCUT2D eigenvalue weighted by Gasteiger charge is -2.18. The van der Waals surface area contributed by atoms with Gasteiger partial charge in [-0.2, -0.15) is 5.10 Å². The van der Waals surface area contributed by atoms with Gasteiger partial charge in [0.1, 0.15) is 11.8 Å². The van der Waals surface area contributed by atoms with Crippen molar-refractivity contribution >= 4 is 10.0 Å². The molecule has 3 aromatic rings. The topological polar surface area (TPSA) is 77.1 Å². The predicted molar refractivity (Wildman–Crippen MR) is 99.7 cm³/mol. The summed E-state index contributed by atoms with van der Waals surface area (Å²) in [6.45, 7) is 7.66. The molecule has 0 aliphatic carbocycles. The number of hydrogen-bond acceptors (Lipinski definition) is 4. The molecule has 0 saturated heterocycles. The van der Waals surface area contributed by atoms with Crippen LogP contribution in [0.3, 0.4) is 0 Å². The van der Waals surface area contributed by atoms with E-state index in [2.05, 4.69) is 9.82 Å². The van der Waals surface area contributed by atoms with Crippen LogP contribution in [0, 0.1) is 27.7 Å². The first-order valence-corrected chi connectivity index (χ1v) is 9.89. The molecule has 0 saturated carbocycles. The zero-order valence-corrected chi connectivity index (χ0v) is 16.2. The van der Waals surface area contributed by atoms with Gasteiger partial charge in [0.25, 0.3) is 0 Å². The SMILES string of the molecule is Cc1ccc(C)c(S(=O)(=O)NCC(c2ccco2)n2nc(C)cc2C)c1. The average Bonchev–Trinajstić information content (AvgIpc) is 3.20. The number of rotatable bonds is 6. The molecule has 0 aliphatic heterocycles. The highest BCUT2D eigenvalue weighted by Crippen LogP contribution is 2.22. The van der Waals surface area contributed by atoms with E-state index in [1.54, 1.807) is 30.0 Å². The van der Waals surface area contributed by atoms with Crippen molar-refractivity contribution in [3.63, 3.8) is 0 Å². The predicted octanol–water partition coefficient (Wildman–Crippen LogP) is 3.28. The number of nitrogens with zero attached hydrogens (tertiary/aromatic N) is 2. The molecule has 0 spiro atoms. The Labute approximate surface area is 153 Å². The van der Waals surface area contributed by atoms with E-state index >= 15 is 0 Å². The van der Waals surface area contributed by atoms with Crippen LogP contribution >= 0.6 is 0 Å². The molecule has 1 N–H and O–H groups in total. The highest BCUT2D eigenvalue weighted by molar-refractivity contribution is 7.89. The minimum atomic E-state index is -3.65. The number of furan rings is 1. The summed E-state index contributed by atoms with van der Waals surface area (Å²) in [5, 5.41) is 4.49. The zero-order valence-electron chi connectivity index (χ0n) is 15.4. The van der Waals surface area contributed by atoms with Crippen molar-refractivity contribution in [1.82, 2.24) is 14.5 Å². The van der Waals surface area contributed by atoms with Crippen LogP contribution in [-0.4, -0.2) is 24.7 Å². The first kappa shape index (κ1) is 18.4. The zero-order chi connectivity index (χ0) is 18.9. The maximum atomic E-state index is 12.8. The standard InChI is InChI=1S/C19H23N3O3S/c1-13-7-8-14(2)19(10-13)26(23,24)20-12-17(18-6-5-9-25-18)22-16(4)11-15(3)21-22/h5-11,17,20H,12H2,1-4H3. The van der Waals surface area contributed by atoms with Crippen molar-refractivity contribution in [2.75, 3.05) is 6.54 Å². The largest absolute Gasteiger partial charge is 0.467 e. The number of sulfonamides is 1. The van der Waals surface area contributed by atoms with E-state index in [4.69, 9.17) is 4.42 Å². The highest BCUT2D eigenvalue weighted by atomic mass is 32.2. The third kappa shape index (κ3) is 3.73. The van der Waals surface area contributed by atoms with Crippen molar-refractivity contribution in [3.05, 3.63) is 70.9 Å². The Morgan fingerprint density at radius 3 is 2.54 bits per heavy atom. The molecule has 26 heavy (non-hydrogen) atoms. The van der Waals surface area contributed by atoms with E-state index in [1.165, 1.54) is 0 Å².